The number of nitrogens with one attached hydrogen (secondary N) is 1. The second-order valence-electron chi connectivity index (χ2n) is 5.15. The molecule has 4 rings (SSSR count). The number of benzene rings is 2. The van der Waals surface area contributed by atoms with Crippen LogP contribution in [0.2, 0.25) is 0 Å². The molecule has 0 spiro atoms. The van der Waals surface area contributed by atoms with Crippen LogP contribution in [0.15, 0.2) is 53.3 Å². The number of carbonyl (C=O) groups is 2. The predicted octanol–water partition coefficient (Wildman–Crippen LogP) is 2.47. The van der Waals surface area contributed by atoms with Crippen LogP contribution < -0.4 is 10.5 Å². The first-order chi connectivity index (χ1) is 11.1. The summed E-state index contributed by atoms with van der Waals surface area (Å²) in [5.41, 5.74) is -0.611. The molecular weight excluding hydrogens is 299 g/mol. The normalized spacial score (nSPS) is 13.7. The number of hydrogen-bond donors (Lipinski definition) is 1. The van der Waals surface area contributed by atoms with Crippen molar-refractivity contribution in [1.82, 2.24) is 4.98 Å². The first-order valence-corrected chi connectivity index (χ1v) is 6.88. The van der Waals surface area contributed by atoms with E-state index in [1.807, 2.05) is 0 Å². The standard InChI is InChI=1S/C17H9FN2O3/c18-10-6-2-4-8-12(10)20-16(22)13-9-5-1-3-7-11(9)19-15(21)14(13)17(20)23/h1-8H,(H,19,21). The first kappa shape index (κ1) is 13.4. The zero-order valence-corrected chi connectivity index (χ0v) is 11.7. The highest BCUT2D eigenvalue weighted by Crippen LogP contribution is 2.31. The fraction of sp³-hybridized carbons (Fsp3) is 0. The zero-order chi connectivity index (χ0) is 16.1. The Balaban J connectivity index is 2.04. The van der Waals surface area contributed by atoms with Gasteiger partial charge in [0.05, 0.1) is 11.3 Å². The van der Waals surface area contributed by atoms with Gasteiger partial charge in [-0.3, -0.25) is 14.4 Å². The molecule has 1 N–H and O–H groups in total. The molecule has 6 heteroatoms. The molecule has 0 aliphatic carbocycles. The summed E-state index contributed by atoms with van der Waals surface area (Å²) in [6, 6.07) is 12.1. The number of pyridine rings is 1. The van der Waals surface area contributed by atoms with E-state index in [2.05, 4.69) is 4.98 Å². The molecule has 0 saturated heterocycles. The summed E-state index contributed by atoms with van der Waals surface area (Å²) in [5.74, 6) is -2.22. The molecular formula is C17H9FN2O3. The van der Waals surface area contributed by atoms with Crippen molar-refractivity contribution in [1.29, 1.82) is 0 Å². The fourth-order valence-corrected chi connectivity index (χ4v) is 2.84. The van der Waals surface area contributed by atoms with Crippen LogP contribution in [0, 0.1) is 5.82 Å². The largest absolute Gasteiger partial charge is 0.321 e. The Hall–Kier alpha value is -3.28. The molecule has 0 fully saturated rings. The van der Waals surface area contributed by atoms with Crippen LogP contribution in [0.25, 0.3) is 10.9 Å². The topological polar surface area (TPSA) is 70.2 Å². The summed E-state index contributed by atoms with van der Waals surface area (Å²) in [5, 5.41) is 0.458. The minimum atomic E-state index is -0.817. The molecule has 2 heterocycles. The second-order valence-corrected chi connectivity index (χ2v) is 5.15. The molecule has 1 aliphatic heterocycles. The highest BCUT2D eigenvalue weighted by atomic mass is 19.1. The molecule has 0 radical (unpaired) electrons. The Morgan fingerprint density at radius 2 is 1.48 bits per heavy atom. The van der Waals surface area contributed by atoms with Crippen molar-refractivity contribution < 1.29 is 14.0 Å². The summed E-state index contributed by atoms with van der Waals surface area (Å²) in [4.78, 5) is 40.7. The average molecular weight is 308 g/mol. The van der Waals surface area contributed by atoms with Gasteiger partial charge in [0, 0.05) is 10.9 Å². The number of rotatable bonds is 1. The fourth-order valence-electron chi connectivity index (χ4n) is 2.84. The lowest BCUT2D eigenvalue weighted by Crippen LogP contribution is -2.31. The number of fused-ring (bicyclic) bond motifs is 3. The molecule has 1 aliphatic rings. The number of hydrogen-bond acceptors (Lipinski definition) is 3. The lowest BCUT2D eigenvalue weighted by molar-refractivity contribution is 0.0925. The summed E-state index contributed by atoms with van der Waals surface area (Å²) >= 11 is 0. The third-order valence-electron chi connectivity index (χ3n) is 3.85. The third-order valence-corrected chi connectivity index (χ3v) is 3.85. The maximum absolute atomic E-state index is 14.0. The van der Waals surface area contributed by atoms with E-state index in [-0.39, 0.29) is 16.8 Å². The number of imide groups is 1. The first-order valence-electron chi connectivity index (χ1n) is 6.88. The van der Waals surface area contributed by atoms with Gasteiger partial charge in [0.2, 0.25) is 0 Å². The number of anilines is 1. The number of nitrogens with zero attached hydrogens (tertiary/aromatic N) is 1. The van der Waals surface area contributed by atoms with Gasteiger partial charge in [0.15, 0.2) is 0 Å². The summed E-state index contributed by atoms with van der Waals surface area (Å²) in [6.45, 7) is 0. The van der Waals surface area contributed by atoms with Crippen molar-refractivity contribution in [3.8, 4) is 0 Å². The number of aromatic amines is 1. The van der Waals surface area contributed by atoms with Crippen molar-refractivity contribution in [3.63, 3.8) is 0 Å². The van der Waals surface area contributed by atoms with Crippen LogP contribution in [-0.4, -0.2) is 16.8 Å². The number of amides is 2. The van der Waals surface area contributed by atoms with Crippen LogP contribution in [0.4, 0.5) is 10.1 Å². The Morgan fingerprint density at radius 1 is 0.826 bits per heavy atom. The van der Waals surface area contributed by atoms with Gasteiger partial charge in [-0.1, -0.05) is 30.3 Å². The van der Waals surface area contributed by atoms with Crippen molar-refractivity contribution in [2.45, 2.75) is 0 Å². The number of carbonyl (C=O) groups excluding carboxylic acids is 2. The second kappa shape index (κ2) is 4.61. The van der Waals surface area contributed by atoms with Gasteiger partial charge in [-0.05, 0) is 18.2 Å². The highest BCUT2D eigenvalue weighted by molar-refractivity contribution is 6.37. The van der Waals surface area contributed by atoms with E-state index in [1.165, 1.54) is 18.2 Å². The van der Waals surface area contributed by atoms with E-state index in [4.69, 9.17) is 0 Å². The molecule has 112 valence electrons. The van der Waals surface area contributed by atoms with Crippen LogP contribution in [0.5, 0.6) is 0 Å². The van der Waals surface area contributed by atoms with Gasteiger partial charge in [0.1, 0.15) is 11.4 Å². The van der Waals surface area contributed by atoms with E-state index in [0.29, 0.717) is 15.8 Å². The molecule has 0 unspecified atom stereocenters. The Labute approximate surface area is 129 Å². The van der Waals surface area contributed by atoms with Crippen molar-refractivity contribution in [3.05, 3.63) is 75.8 Å². The van der Waals surface area contributed by atoms with E-state index in [1.54, 1.807) is 24.3 Å². The number of halogens is 1. The smallest absolute Gasteiger partial charge is 0.271 e. The molecule has 2 amide bonds. The van der Waals surface area contributed by atoms with Crippen LogP contribution in [0.1, 0.15) is 20.7 Å². The van der Waals surface area contributed by atoms with E-state index >= 15 is 0 Å². The average Bonchev–Trinajstić information content (AvgIpc) is 2.81. The van der Waals surface area contributed by atoms with Gasteiger partial charge in [0.25, 0.3) is 17.4 Å². The van der Waals surface area contributed by atoms with E-state index < -0.39 is 23.2 Å². The molecule has 0 atom stereocenters. The van der Waals surface area contributed by atoms with Crippen molar-refractivity contribution in [2.75, 3.05) is 4.90 Å². The predicted molar refractivity (Wildman–Crippen MR) is 82.1 cm³/mol. The number of H-pyrrole nitrogens is 1. The van der Waals surface area contributed by atoms with Crippen LogP contribution in [0.3, 0.4) is 0 Å². The third kappa shape index (κ3) is 1.75. The monoisotopic (exact) mass is 308 g/mol. The van der Waals surface area contributed by atoms with Gasteiger partial charge < -0.3 is 4.98 Å². The maximum atomic E-state index is 14.0. The minimum Gasteiger partial charge on any atom is -0.321 e. The molecule has 2 aromatic carbocycles. The molecule has 23 heavy (non-hydrogen) atoms. The van der Waals surface area contributed by atoms with Gasteiger partial charge in [-0.25, -0.2) is 9.29 Å². The lowest BCUT2D eigenvalue weighted by atomic mass is 10.1. The van der Waals surface area contributed by atoms with Crippen LogP contribution in [-0.2, 0) is 0 Å². The van der Waals surface area contributed by atoms with Crippen LogP contribution >= 0.6 is 0 Å². The quantitative estimate of drug-likeness (QED) is 0.702. The lowest BCUT2D eigenvalue weighted by Gasteiger charge is -2.14. The van der Waals surface area contributed by atoms with Gasteiger partial charge >= 0.3 is 0 Å². The van der Waals surface area contributed by atoms with E-state index in [9.17, 15) is 18.8 Å². The maximum Gasteiger partial charge on any atom is 0.271 e. The van der Waals surface area contributed by atoms with Gasteiger partial charge in [-0.15, -0.1) is 0 Å². The van der Waals surface area contributed by atoms with E-state index in [0.717, 1.165) is 6.07 Å². The van der Waals surface area contributed by atoms with Gasteiger partial charge in [-0.2, -0.15) is 0 Å². The molecule has 5 nitrogen and oxygen atoms in total. The SMILES string of the molecule is O=C1c2c(c3ccccc3[nH]c2=O)C(=O)N1c1ccccc1F. The molecule has 0 saturated carbocycles. The number of aromatic nitrogens is 1. The Kier molecular flexibility index (Phi) is 2.68. The van der Waals surface area contributed by atoms with Crippen molar-refractivity contribution in [2.24, 2.45) is 0 Å². The summed E-state index contributed by atoms with van der Waals surface area (Å²) in [6.07, 6.45) is 0. The van der Waals surface area contributed by atoms with Crippen molar-refractivity contribution >= 4 is 28.4 Å². The summed E-state index contributed by atoms with van der Waals surface area (Å²) < 4.78 is 14.0. The molecule has 3 aromatic rings. The molecule has 1 aromatic heterocycles. The molecule has 0 bridgehead atoms. The Morgan fingerprint density at radius 3 is 2.26 bits per heavy atom. The minimum absolute atomic E-state index is 0.0117. The summed E-state index contributed by atoms with van der Waals surface area (Å²) in [7, 11) is 0. The zero-order valence-electron chi connectivity index (χ0n) is 11.7. The number of para-hydroxylation sites is 2. The Bertz CT molecular complexity index is 1060. The highest BCUT2D eigenvalue weighted by Gasteiger charge is 2.41.